The molecule has 114 valence electrons. The maximum absolute atomic E-state index is 12.7. The third kappa shape index (κ3) is 3.60. The minimum atomic E-state index is 0.241. The van der Waals surface area contributed by atoms with Gasteiger partial charge in [0.05, 0.1) is 12.6 Å². The molecule has 1 aromatic rings. The Morgan fingerprint density at radius 3 is 2.90 bits per heavy atom. The van der Waals surface area contributed by atoms with E-state index in [0.717, 1.165) is 52.0 Å². The van der Waals surface area contributed by atoms with Crippen molar-refractivity contribution >= 4 is 5.91 Å². The van der Waals surface area contributed by atoms with E-state index in [2.05, 4.69) is 20.1 Å². The van der Waals surface area contributed by atoms with Crippen LogP contribution in [0, 0.1) is 0 Å². The summed E-state index contributed by atoms with van der Waals surface area (Å²) in [5.74, 6) is 0.274. The molecular weight excluding hydrogens is 264 g/mol. The molecule has 0 bridgehead atoms. The van der Waals surface area contributed by atoms with E-state index in [0.29, 0.717) is 6.54 Å². The molecule has 1 aromatic heterocycles. The average Bonchev–Trinajstić information content (AvgIpc) is 2.87. The van der Waals surface area contributed by atoms with Gasteiger partial charge in [-0.3, -0.25) is 14.7 Å². The summed E-state index contributed by atoms with van der Waals surface area (Å²) in [7, 11) is 0. The van der Waals surface area contributed by atoms with Gasteiger partial charge >= 0.3 is 0 Å². The zero-order valence-electron chi connectivity index (χ0n) is 12.5. The number of amides is 1. The van der Waals surface area contributed by atoms with Crippen LogP contribution < -0.4 is 5.32 Å². The zero-order valence-corrected chi connectivity index (χ0v) is 12.5. The molecule has 5 heteroatoms. The lowest BCUT2D eigenvalue weighted by Gasteiger charge is -2.28. The summed E-state index contributed by atoms with van der Waals surface area (Å²) in [6.07, 6.45) is 6.92. The Hall–Kier alpha value is -1.46. The van der Waals surface area contributed by atoms with Gasteiger partial charge < -0.3 is 10.2 Å². The molecule has 21 heavy (non-hydrogen) atoms. The fraction of sp³-hybridized carbons (Fsp3) is 0.625. The molecule has 5 nitrogen and oxygen atoms in total. The number of nitrogens with one attached hydrogen (secondary N) is 1. The Kier molecular flexibility index (Phi) is 4.83. The first-order valence-corrected chi connectivity index (χ1v) is 7.97. The molecule has 0 radical (unpaired) electrons. The third-order valence-electron chi connectivity index (χ3n) is 4.46. The van der Waals surface area contributed by atoms with Gasteiger partial charge in [-0.25, -0.2) is 0 Å². The summed E-state index contributed by atoms with van der Waals surface area (Å²) in [6, 6.07) is 4.31. The molecule has 3 rings (SSSR count). The van der Waals surface area contributed by atoms with Crippen molar-refractivity contribution in [1.82, 2.24) is 20.1 Å². The van der Waals surface area contributed by atoms with Gasteiger partial charge in [0.15, 0.2) is 0 Å². The van der Waals surface area contributed by atoms with Gasteiger partial charge in [-0.15, -0.1) is 0 Å². The average molecular weight is 288 g/mol. The number of hydrogen-bond acceptors (Lipinski definition) is 4. The van der Waals surface area contributed by atoms with Gasteiger partial charge in [0.25, 0.3) is 0 Å². The molecule has 2 aliphatic heterocycles. The van der Waals surface area contributed by atoms with E-state index in [-0.39, 0.29) is 11.9 Å². The smallest absolute Gasteiger partial charge is 0.237 e. The fourth-order valence-corrected chi connectivity index (χ4v) is 3.34. The lowest BCUT2D eigenvalue weighted by atomic mass is 10.1. The van der Waals surface area contributed by atoms with Crippen LogP contribution in [0.1, 0.15) is 30.9 Å². The third-order valence-corrected chi connectivity index (χ3v) is 4.46. The van der Waals surface area contributed by atoms with Crippen LogP contribution >= 0.6 is 0 Å². The highest BCUT2D eigenvalue weighted by Gasteiger charge is 2.30. The Bertz CT molecular complexity index is 457. The number of aromatic nitrogens is 1. The lowest BCUT2D eigenvalue weighted by Crippen LogP contribution is -2.41. The van der Waals surface area contributed by atoms with Crippen molar-refractivity contribution in [2.24, 2.45) is 0 Å². The molecule has 0 spiro atoms. The predicted molar refractivity (Wildman–Crippen MR) is 81.9 cm³/mol. The number of likely N-dealkylation sites (tertiary alicyclic amines) is 1. The number of nitrogens with zero attached hydrogens (tertiary/aromatic N) is 3. The standard InChI is InChI=1S/C16H24N4O/c21-16(13-19-10-2-6-17-9-12-19)20-11-1-3-15(20)14-4-7-18-8-5-14/h4-5,7-8,15,17H,1-3,6,9-13H2. The van der Waals surface area contributed by atoms with Crippen LogP contribution in [0.25, 0.3) is 0 Å². The molecular formula is C16H24N4O. The van der Waals surface area contributed by atoms with Gasteiger partial charge in [0.2, 0.25) is 5.91 Å². The second-order valence-corrected chi connectivity index (χ2v) is 5.91. The van der Waals surface area contributed by atoms with Gasteiger partial charge in [-0.2, -0.15) is 0 Å². The minimum absolute atomic E-state index is 0.241. The highest BCUT2D eigenvalue weighted by atomic mass is 16.2. The first kappa shape index (κ1) is 14.5. The summed E-state index contributed by atoms with van der Waals surface area (Å²) >= 11 is 0. The highest BCUT2D eigenvalue weighted by molar-refractivity contribution is 5.79. The van der Waals surface area contributed by atoms with E-state index in [1.54, 1.807) is 0 Å². The number of carbonyl (C=O) groups is 1. The summed E-state index contributed by atoms with van der Waals surface area (Å²) in [6.45, 7) is 5.49. The molecule has 0 aliphatic carbocycles. The second kappa shape index (κ2) is 7.00. The minimum Gasteiger partial charge on any atom is -0.335 e. The summed E-state index contributed by atoms with van der Waals surface area (Å²) in [5.41, 5.74) is 1.22. The Morgan fingerprint density at radius 1 is 1.19 bits per heavy atom. The van der Waals surface area contributed by atoms with Gasteiger partial charge in [-0.05, 0) is 50.0 Å². The molecule has 2 aliphatic rings. The number of carbonyl (C=O) groups excluding carboxylic acids is 1. The van der Waals surface area contributed by atoms with Crippen LogP contribution in [0.4, 0.5) is 0 Å². The molecule has 0 saturated carbocycles. The van der Waals surface area contributed by atoms with Crippen molar-refractivity contribution in [3.63, 3.8) is 0 Å². The van der Waals surface area contributed by atoms with Crippen molar-refractivity contribution in [2.45, 2.75) is 25.3 Å². The molecule has 1 atom stereocenters. The number of rotatable bonds is 3. The van der Waals surface area contributed by atoms with Crippen LogP contribution in [-0.4, -0.2) is 60.0 Å². The van der Waals surface area contributed by atoms with Crippen LogP contribution in [0.15, 0.2) is 24.5 Å². The first-order valence-electron chi connectivity index (χ1n) is 7.97. The van der Waals surface area contributed by atoms with Crippen molar-refractivity contribution in [3.05, 3.63) is 30.1 Å². The van der Waals surface area contributed by atoms with E-state index in [4.69, 9.17) is 0 Å². The SMILES string of the molecule is O=C(CN1CCCNCC1)N1CCCC1c1ccncc1. The maximum Gasteiger partial charge on any atom is 0.237 e. The van der Waals surface area contributed by atoms with Crippen LogP contribution in [-0.2, 0) is 4.79 Å². The van der Waals surface area contributed by atoms with Gasteiger partial charge in [0, 0.05) is 32.0 Å². The Labute approximate surface area is 126 Å². The fourth-order valence-electron chi connectivity index (χ4n) is 3.34. The van der Waals surface area contributed by atoms with Crippen molar-refractivity contribution < 1.29 is 4.79 Å². The number of hydrogen-bond donors (Lipinski definition) is 1. The van der Waals surface area contributed by atoms with E-state index in [9.17, 15) is 4.79 Å². The second-order valence-electron chi connectivity index (χ2n) is 5.91. The summed E-state index contributed by atoms with van der Waals surface area (Å²) < 4.78 is 0. The largest absolute Gasteiger partial charge is 0.335 e. The molecule has 1 amide bonds. The lowest BCUT2D eigenvalue weighted by molar-refractivity contribution is -0.133. The monoisotopic (exact) mass is 288 g/mol. The molecule has 2 fully saturated rings. The molecule has 1 unspecified atom stereocenters. The normalized spacial score (nSPS) is 24.0. The van der Waals surface area contributed by atoms with Crippen molar-refractivity contribution in [2.75, 3.05) is 39.3 Å². The predicted octanol–water partition coefficient (Wildman–Crippen LogP) is 1.04. The summed E-state index contributed by atoms with van der Waals surface area (Å²) in [5, 5.41) is 3.38. The van der Waals surface area contributed by atoms with Crippen molar-refractivity contribution in [3.8, 4) is 0 Å². The maximum atomic E-state index is 12.7. The molecule has 1 N–H and O–H groups in total. The molecule has 3 heterocycles. The van der Waals surface area contributed by atoms with E-state index in [1.807, 2.05) is 24.5 Å². The first-order chi connectivity index (χ1) is 10.3. The Morgan fingerprint density at radius 2 is 2.05 bits per heavy atom. The van der Waals surface area contributed by atoms with Crippen molar-refractivity contribution in [1.29, 1.82) is 0 Å². The molecule has 0 aromatic carbocycles. The molecule has 2 saturated heterocycles. The van der Waals surface area contributed by atoms with Crippen LogP contribution in [0.3, 0.4) is 0 Å². The number of pyridine rings is 1. The zero-order chi connectivity index (χ0) is 14.5. The van der Waals surface area contributed by atoms with E-state index in [1.165, 1.54) is 5.56 Å². The van der Waals surface area contributed by atoms with Crippen LogP contribution in [0.2, 0.25) is 0 Å². The summed E-state index contributed by atoms with van der Waals surface area (Å²) in [4.78, 5) is 21.1. The quantitative estimate of drug-likeness (QED) is 0.903. The van der Waals surface area contributed by atoms with E-state index >= 15 is 0 Å². The Balaban J connectivity index is 1.63. The topological polar surface area (TPSA) is 48.5 Å². The van der Waals surface area contributed by atoms with Gasteiger partial charge in [-0.1, -0.05) is 0 Å². The van der Waals surface area contributed by atoms with E-state index < -0.39 is 0 Å². The van der Waals surface area contributed by atoms with Gasteiger partial charge in [0.1, 0.15) is 0 Å². The highest BCUT2D eigenvalue weighted by Crippen LogP contribution is 2.31. The van der Waals surface area contributed by atoms with Crippen LogP contribution in [0.5, 0.6) is 0 Å².